The van der Waals surface area contributed by atoms with Gasteiger partial charge in [0.05, 0.1) is 0 Å². The molecule has 0 aliphatic carbocycles. The van der Waals surface area contributed by atoms with Gasteiger partial charge in [-0.25, -0.2) is 0 Å². The van der Waals surface area contributed by atoms with Crippen LogP contribution in [-0.4, -0.2) is 26.1 Å². The Morgan fingerprint density at radius 1 is 1.12 bits per heavy atom. The lowest BCUT2D eigenvalue weighted by Crippen LogP contribution is -2.20. The van der Waals surface area contributed by atoms with Gasteiger partial charge in [0.25, 0.3) is 5.91 Å². The Kier molecular flexibility index (Phi) is 6.94. The molecule has 4 nitrogen and oxygen atoms in total. The zero-order chi connectivity index (χ0) is 17.4. The van der Waals surface area contributed by atoms with Crippen molar-refractivity contribution < 1.29 is 9.53 Å². The molecule has 0 aromatic heterocycles. The van der Waals surface area contributed by atoms with Crippen LogP contribution in [0.4, 0.5) is 11.4 Å². The largest absolute Gasteiger partial charge is 0.484 e. The number of anilines is 2. The van der Waals surface area contributed by atoms with Gasteiger partial charge in [-0.1, -0.05) is 24.9 Å². The fraction of sp³-hybridized carbons (Fsp3) is 0.316. The molecule has 2 aromatic carbocycles. The van der Waals surface area contributed by atoms with Gasteiger partial charge in [-0.2, -0.15) is 0 Å². The van der Waals surface area contributed by atoms with E-state index in [1.165, 1.54) is 6.42 Å². The fourth-order valence-electron chi connectivity index (χ4n) is 2.20. The Labute approximate surface area is 148 Å². The smallest absolute Gasteiger partial charge is 0.262 e. The number of hydrogen-bond acceptors (Lipinski definition) is 3. The number of benzene rings is 2. The molecule has 0 aliphatic heterocycles. The van der Waals surface area contributed by atoms with E-state index >= 15 is 0 Å². The second-order valence-corrected chi connectivity index (χ2v) is 6.05. The predicted molar refractivity (Wildman–Crippen MR) is 100 cm³/mol. The van der Waals surface area contributed by atoms with E-state index in [4.69, 9.17) is 16.3 Å². The van der Waals surface area contributed by atoms with E-state index in [2.05, 4.69) is 24.2 Å². The molecular weight excluding hydrogens is 324 g/mol. The summed E-state index contributed by atoms with van der Waals surface area (Å²) < 4.78 is 5.42. The number of nitrogens with zero attached hydrogens (tertiary/aromatic N) is 1. The van der Waals surface area contributed by atoms with E-state index < -0.39 is 0 Å². The number of hydrogen-bond donors (Lipinski definition) is 1. The van der Waals surface area contributed by atoms with Gasteiger partial charge >= 0.3 is 0 Å². The van der Waals surface area contributed by atoms with Crippen molar-refractivity contribution in [3.8, 4) is 5.75 Å². The molecule has 24 heavy (non-hydrogen) atoms. The molecule has 2 aromatic rings. The van der Waals surface area contributed by atoms with Crippen LogP contribution in [-0.2, 0) is 4.79 Å². The van der Waals surface area contributed by atoms with Crippen molar-refractivity contribution in [3.63, 3.8) is 0 Å². The van der Waals surface area contributed by atoms with E-state index in [-0.39, 0.29) is 12.5 Å². The highest BCUT2D eigenvalue weighted by Crippen LogP contribution is 2.18. The van der Waals surface area contributed by atoms with Gasteiger partial charge in [0.2, 0.25) is 0 Å². The van der Waals surface area contributed by atoms with Gasteiger partial charge in [-0.05, 0) is 55.0 Å². The van der Waals surface area contributed by atoms with Crippen molar-refractivity contribution >= 4 is 28.9 Å². The quantitative estimate of drug-likeness (QED) is 0.759. The van der Waals surface area contributed by atoms with E-state index in [0.717, 1.165) is 24.3 Å². The van der Waals surface area contributed by atoms with Crippen molar-refractivity contribution in [2.24, 2.45) is 0 Å². The number of unbranched alkanes of at least 4 members (excludes halogenated alkanes) is 1. The molecule has 0 spiro atoms. The molecule has 0 atom stereocenters. The third-order valence-corrected chi connectivity index (χ3v) is 3.87. The van der Waals surface area contributed by atoms with Gasteiger partial charge in [0.15, 0.2) is 6.61 Å². The number of carbonyl (C=O) groups excluding carboxylic acids is 1. The third kappa shape index (κ3) is 5.78. The molecule has 0 saturated carbocycles. The average molecular weight is 347 g/mol. The summed E-state index contributed by atoms with van der Waals surface area (Å²) >= 11 is 5.81. The van der Waals surface area contributed by atoms with Crippen LogP contribution in [0.5, 0.6) is 5.75 Å². The monoisotopic (exact) mass is 346 g/mol. The zero-order valence-electron chi connectivity index (χ0n) is 14.1. The summed E-state index contributed by atoms with van der Waals surface area (Å²) in [5.41, 5.74) is 1.89. The number of nitrogens with one attached hydrogen (secondary N) is 1. The highest BCUT2D eigenvalue weighted by molar-refractivity contribution is 6.30. The molecule has 0 bridgehead atoms. The minimum Gasteiger partial charge on any atom is -0.484 e. The molecule has 0 heterocycles. The maximum Gasteiger partial charge on any atom is 0.262 e. The summed E-state index contributed by atoms with van der Waals surface area (Å²) in [7, 11) is 2.07. The molecule has 0 aliphatic rings. The number of carbonyl (C=O) groups is 1. The highest BCUT2D eigenvalue weighted by atomic mass is 35.5. The second kappa shape index (κ2) is 9.18. The van der Waals surface area contributed by atoms with Crippen molar-refractivity contribution in [1.29, 1.82) is 0 Å². The summed E-state index contributed by atoms with van der Waals surface area (Å²) in [5, 5.41) is 3.46. The van der Waals surface area contributed by atoms with Crippen LogP contribution in [0.1, 0.15) is 19.8 Å². The average Bonchev–Trinajstić information content (AvgIpc) is 2.60. The standard InChI is InChI=1S/C19H23ClN2O2/c1-3-4-13-22(2)17-9-7-16(8-10-17)21-19(23)14-24-18-11-5-15(20)6-12-18/h5-12H,3-4,13-14H2,1-2H3,(H,21,23). The van der Waals surface area contributed by atoms with E-state index in [0.29, 0.717) is 10.8 Å². The van der Waals surface area contributed by atoms with Crippen LogP contribution in [0.3, 0.4) is 0 Å². The highest BCUT2D eigenvalue weighted by Gasteiger charge is 2.05. The van der Waals surface area contributed by atoms with Gasteiger partial charge in [0, 0.05) is 30.0 Å². The minimum absolute atomic E-state index is 0.0419. The maximum atomic E-state index is 11.9. The van der Waals surface area contributed by atoms with Crippen LogP contribution in [0.25, 0.3) is 0 Å². The predicted octanol–water partition coefficient (Wildman–Crippen LogP) is 4.59. The Bertz CT molecular complexity index is 641. The third-order valence-electron chi connectivity index (χ3n) is 3.62. The van der Waals surface area contributed by atoms with Crippen molar-refractivity contribution in [1.82, 2.24) is 0 Å². The first-order valence-electron chi connectivity index (χ1n) is 8.08. The Hall–Kier alpha value is -2.20. The summed E-state index contributed by atoms with van der Waals surface area (Å²) in [6.45, 7) is 3.16. The van der Waals surface area contributed by atoms with Crippen molar-refractivity contribution in [3.05, 3.63) is 53.6 Å². The minimum atomic E-state index is -0.197. The molecule has 0 saturated heterocycles. The van der Waals surface area contributed by atoms with Crippen molar-refractivity contribution in [2.75, 3.05) is 30.4 Å². The molecule has 5 heteroatoms. The van der Waals surface area contributed by atoms with Crippen LogP contribution in [0.15, 0.2) is 48.5 Å². The number of halogens is 1. The lowest BCUT2D eigenvalue weighted by Gasteiger charge is -2.19. The topological polar surface area (TPSA) is 41.6 Å². The summed E-state index contributed by atoms with van der Waals surface area (Å²) in [6.07, 6.45) is 2.34. The first kappa shape index (κ1) is 18.1. The maximum absolute atomic E-state index is 11.9. The number of ether oxygens (including phenoxy) is 1. The Balaban J connectivity index is 1.82. The van der Waals surface area contributed by atoms with Gasteiger partial charge < -0.3 is 15.0 Å². The number of amides is 1. The van der Waals surface area contributed by atoms with Crippen LogP contribution >= 0.6 is 11.6 Å². The number of rotatable bonds is 8. The van der Waals surface area contributed by atoms with E-state index in [1.807, 2.05) is 24.3 Å². The summed E-state index contributed by atoms with van der Waals surface area (Å²) in [4.78, 5) is 14.1. The summed E-state index contributed by atoms with van der Waals surface area (Å²) in [5.74, 6) is 0.416. The van der Waals surface area contributed by atoms with E-state index in [9.17, 15) is 4.79 Å². The Morgan fingerprint density at radius 3 is 2.42 bits per heavy atom. The van der Waals surface area contributed by atoms with Gasteiger partial charge in [0.1, 0.15) is 5.75 Å². The lowest BCUT2D eigenvalue weighted by atomic mass is 10.2. The fourth-order valence-corrected chi connectivity index (χ4v) is 2.33. The normalized spacial score (nSPS) is 10.3. The van der Waals surface area contributed by atoms with E-state index in [1.54, 1.807) is 24.3 Å². The second-order valence-electron chi connectivity index (χ2n) is 5.61. The molecule has 128 valence electrons. The summed E-state index contributed by atoms with van der Waals surface area (Å²) in [6, 6.07) is 14.7. The first-order chi connectivity index (χ1) is 11.6. The molecule has 0 radical (unpaired) electrons. The molecular formula is C19H23ClN2O2. The molecule has 1 N–H and O–H groups in total. The van der Waals surface area contributed by atoms with Gasteiger partial charge in [-0.3, -0.25) is 4.79 Å². The first-order valence-corrected chi connectivity index (χ1v) is 8.45. The molecule has 0 fully saturated rings. The molecule has 0 unspecified atom stereocenters. The van der Waals surface area contributed by atoms with Crippen molar-refractivity contribution in [2.45, 2.75) is 19.8 Å². The lowest BCUT2D eigenvalue weighted by molar-refractivity contribution is -0.118. The van der Waals surface area contributed by atoms with Crippen LogP contribution in [0, 0.1) is 0 Å². The Morgan fingerprint density at radius 2 is 1.79 bits per heavy atom. The molecule has 2 rings (SSSR count). The zero-order valence-corrected chi connectivity index (χ0v) is 14.8. The molecule has 1 amide bonds. The van der Waals surface area contributed by atoms with Crippen LogP contribution < -0.4 is 15.0 Å². The van der Waals surface area contributed by atoms with Crippen LogP contribution in [0.2, 0.25) is 5.02 Å². The van der Waals surface area contributed by atoms with Gasteiger partial charge in [-0.15, -0.1) is 0 Å². The SMILES string of the molecule is CCCCN(C)c1ccc(NC(=O)COc2ccc(Cl)cc2)cc1.